The molecule has 0 radical (unpaired) electrons. The fraction of sp³-hybridized carbons (Fsp3) is 0.0870. The summed E-state index contributed by atoms with van der Waals surface area (Å²) in [5, 5.41) is 9.28. The minimum Gasteiger partial charge on any atom is -0.444 e. The van der Waals surface area contributed by atoms with Crippen molar-refractivity contribution >= 4 is 50.7 Å². The monoisotopic (exact) mass is 477 g/mol. The number of aromatic nitrogens is 2. The number of nitrogens with zero attached hydrogens (tertiary/aromatic N) is 2. The van der Waals surface area contributed by atoms with Gasteiger partial charge < -0.3 is 20.4 Å². The van der Waals surface area contributed by atoms with Gasteiger partial charge in [0.1, 0.15) is 5.82 Å². The lowest BCUT2D eigenvalue weighted by Crippen LogP contribution is -2.10. The van der Waals surface area contributed by atoms with E-state index in [0.29, 0.717) is 22.1 Å². The number of halogens is 1. The molecule has 7 nitrogen and oxygen atoms in total. The van der Waals surface area contributed by atoms with Crippen LogP contribution in [0.5, 0.6) is 0 Å². The Morgan fingerprint density at radius 2 is 1.48 bits per heavy atom. The molecule has 0 atom stereocenters. The summed E-state index contributed by atoms with van der Waals surface area (Å²) >= 11 is 3.19. The lowest BCUT2D eigenvalue weighted by molar-refractivity contribution is 0.0995. The van der Waals surface area contributed by atoms with Gasteiger partial charge in [0.25, 0.3) is 5.91 Å². The van der Waals surface area contributed by atoms with Gasteiger partial charge in [-0.05, 0) is 78.3 Å². The van der Waals surface area contributed by atoms with Gasteiger partial charge in [-0.3, -0.25) is 4.79 Å². The Labute approximate surface area is 188 Å². The number of amides is 1. The molecule has 3 N–H and O–H groups in total. The molecule has 0 unspecified atom stereocenters. The number of carbonyl (C=O) groups is 1. The average molecular weight is 478 g/mol. The van der Waals surface area contributed by atoms with Crippen LogP contribution in [-0.4, -0.2) is 15.9 Å². The fourth-order valence-electron chi connectivity index (χ4n) is 2.87. The summed E-state index contributed by atoms with van der Waals surface area (Å²) in [5.74, 6) is 1.09. The smallest absolute Gasteiger partial charge is 0.291 e. The second-order valence-electron chi connectivity index (χ2n) is 6.97. The first-order chi connectivity index (χ1) is 14.9. The van der Waals surface area contributed by atoms with E-state index >= 15 is 0 Å². The molecule has 0 spiro atoms. The number of rotatable bonds is 6. The molecule has 156 valence electrons. The van der Waals surface area contributed by atoms with Gasteiger partial charge in [0.05, 0.1) is 0 Å². The van der Waals surface area contributed by atoms with Gasteiger partial charge in [-0.2, -0.15) is 4.98 Å². The highest BCUT2D eigenvalue weighted by molar-refractivity contribution is 9.10. The number of nitrogens with one attached hydrogen (secondary N) is 3. The van der Waals surface area contributed by atoms with Gasteiger partial charge in [0.2, 0.25) is 5.95 Å². The molecule has 31 heavy (non-hydrogen) atoms. The lowest BCUT2D eigenvalue weighted by atomic mass is 10.2. The Morgan fingerprint density at radius 3 is 2.16 bits per heavy atom. The molecule has 0 fully saturated rings. The molecule has 8 heteroatoms. The van der Waals surface area contributed by atoms with Crippen molar-refractivity contribution < 1.29 is 9.21 Å². The number of hydrogen-bond donors (Lipinski definition) is 3. The van der Waals surface area contributed by atoms with E-state index in [9.17, 15) is 4.79 Å². The molecule has 2 heterocycles. The quantitative estimate of drug-likeness (QED) is 0.306. The molecule has 2 aromatic carbocycles. The van der Waals surface area contributed by atoms with Gasteiger partial charge in [0, 0.05) is 28.8 Å². The van der Waals surface area contributed by atoms with Crippen molar-refractivity contribution in [1.82, 2.24) is 9.97 Å². The predicted octanol–water partition coefficient (Wildman–Crippen LogP) is 6.19. The SMILES string of the molecule is Cc1ccc(Nc2cc(C)nc(Nc3ccc(NC(=O)c4ccc(Br)o4)cc3)n2)cc1. The Balaban J connectivity index is 1.43. The number of anilines is 5. The van der Waals surface area contributed by atoms with E-state index in [0.717, 1.165) is 17.1 Å². The number of furan rings is 1. The highest BCUT2D eigenvalue weighted by atomic mass is 79.9. The normalized spacial score (nSPS) is 10.5. The molecular weight excluding hydrogens is 458 g/mol. The zero-order chi connectivity index (χ0) is 21.8. The summed E-state index contributed by atoms with van der Waals surface area (Å²) in [6, 6.07) is 20.5. The van der Waals surface area contributed by atoms with Crippen LogP contribution in [0.25, 0.3) is 0 Å². The maximum Gasteiger partial charge on any atom is 0.291 e. The highest BCUT2D eigenvalue weighted by Crippen LogP contribution is 2.21. The van der Waals surface area contributed by atoms with Crippen LogP contribution < -0.4 is 16.0 Å². The Hall–Kier alpha value is -3.65. The van der Waals surface area contributed by atoms with E-state index < -0.39 is 0 Å². The Bertz CT molecular complexity index is 1200. The third-order valence-electron chi connectivity index (χ3n) is 4.37. The second-order valence-corrected chi connectivity index (χ2v) is 7.75. The molecule has 0 aliphatic rings. The van der Waals surface area contributed by atoms with E-state index in [1.807, 2.05) is 56.3 Å². The number of hydrogen-bond acceptors (Lipinski definition) is 6. The first kappa shape index (κ1) is 20.6. The summed E-state index contributed by atoms with van der Waals surface area (Å²) in [7, 11) is 0. The van der Waals surface area contributed by atoms with Crippen molar-refractivity contribution in [2.45, 2.75) is 13.8 Å². The molecule has 4 rings (SSSR count). The van der Waals surface area contributed by atoms with Gasteiger partial charge in [-0.25, -0.2) is 4.98 Å². The summed E-state index contributed by atoms with van der Waals surface area (Å²) < 4.78 is 5.77. The van der Waals surface area contributed by atoms with E-state index in [2.05, 4.69) is 41.8 Å². The largest absolute Gasteiger partial charge is 0.444 e. The molecule has 2 aromatic heterocycles. The molecule has 0 saturated heterocycles. The zero-order valence-electron chi connectivity index (χ0n) is 16.9. The number of aryl methyl sites for hydroxylation is 2. The van der Waals surface area contributed by atoms with Crippen molar-refractivity contribution in [2.75, 3.05) is 16.0 Å². The standard InChI is InChI=1S/C23H20BrN5O2/c1-14-3-5-16(6-4-14)26-21-13-15(2)25-23(29-21)28-18-9-7-17(8-10-18)27-22(30)19-11-12-20(24)31-19/h3-13H,1-2H3,(H,27,30)(H2,25,26,28,29). The van der Waals surface area contributed by atoms with E-state index in [4.69, 9.17) is 4.42 Å². The number of carbonyl (C=O) groups excluding carboxylic acids is 1. The maximum atomic E-state index is 12.2. The van der Waals surface area contributed by atoms with Crippen molar-refractivity contribution in [3.05, 3.63) is 88.4 Å². The first-order valence-corrected chi connectivity index (χ1v) is 10.4. The topological polar surface area (TPSA) is 92.1 Å². The van der Waals surface area contributed by atoms with Crippen LogP contribution in [-0.2, 0) is 0 Å². The van der Waals surface area contributed by atoms with Gasteiger partial charge in [-0.1, -0.05) is 17.7 Å². The van der Waals surface area contributed by atoms with Crippen molar-refractivity contribution in [1.29, 1.82) is 0 Å². The molecule has 0 bridgehead atoms. The first-order valence-electron chi connectivity index (χ1n) is 9.58. The second kappa shape index (κ2) is 9.01. The van der Waals surface area contributed by atoms with Crippen LogP contribution in [0.2, 0.25) is 0 Å². The minimum atomic E-state index is -0.319. The van der Waals surface area contributed by atoms with Crippen LogP contribution in [0.3, 0.4) is 0 Å². The Morgan fingerprint density at radius 1 is 0.839 bits per heavy atom. The van der Waals surface area contributed by atoms with E-state index in [1.165, 1.54) is 5.56 Å². The fourth-order valence-corrected chi connectivity index (χ4v) is 3.17. The van der Waals surface area contributed by atoms with Gasteiger partial charge in [-0.15, -0.1) is 0 Å². The van der Waals surface area contributed by atoms with Crippen LogP contribution in [0.15, 0.2) is 75.8 Å². The van der Waals surface area contributed by atoms with Crippen LogP contribution >= 0.6 is 15.9 Å². The van der Waals surface area contributed by atoms with Crippen molar-refractivity contribution in [3.8, 4) is 0 Å². The summed E-state index contributed by atoms with van der Waals surface area (Å²) in [6.45, 7) is 3.96. The average Bonchev–Trinajstić information content (AvgIpc) is 3.17. The molecule has 0 saturated carbocycles. The molecule has 1 amide bonds. The lowest BCUT2D eigenvalue weighted by Gasteiger charge is -2.11. The molecule has 0 aliphatic heterocycles. The van der Waals surface area contributed by atoms with E-state index in [-0.39, 0.29) is 11.7 Å². The zero-order valence-corrected chi connectivity index (χ0v) is 18.5. The number of benzene rings is 2. The third kappa shape index (κ3) is 5.49. The Kier molecular flexibility index (Phi) is 5.99. The highest BCUT2D eigenvalue weighted by Gasteiger charge is 2.11. The summed E-state index contributed by atoms with van der Waals surface area (Å²) in [6.07, 6.45) is 0. The molecule has 0 aliphatic carbocycles. The van der Waals surface area contributed by atoms with Crippen molar-refractivity contribution in [2.24, 2.45) is 0 Å². The third-order valence-corrected chi connectivity index (χ3v) is 4.80. The maximum absolute atomic E-state index is 12.2. The molecule has 4 aromatic rings. The van der Waals surface area contributed by atoms with Crippen molar-refractivity contribution in [3.63, 3.8) is 0 Å². The van der Waals surface area contributed by atoms with Crippen LogP contribution in [0.4, 0.5) is 28.8 Å². The summed E-state index contributed by atoms with van der Waals surface area (Å²) in [5.41, 5.74) is 4.43. The molecular formula is C23H20BrN5O2. The van der Waals surface area contributed by atoms with Crippen LogP contribution in [0.1, 0.15) is 21.8 Å². The predicted molar refractivity (Wildman–Crippen MR) is 125 cm³/mol. The van der Waals surface area contributed by atoms with E-state index in [1.54, 1.807) is 24.3 Å². The van der Waals surface area contributed by atoms with Crippen LogP contribution in [0, 0.1) is 13.8 Å². The van der Waals surface area contributed by atoms with Gasteiger partial charge >= 0.3 is 0 Å². The summed E-state index contributed by atoms with van der Waals surface area (Å²) in [4.78, 5) is 21.2. The minimum absolute atomic E-state index is 0.232. The van der Waals surface area contributed by atoms with Gasteiger partial charge in [0.15, 0.2) is 10.4 Å².